The Morgan fingerprint density at radius 3 is 2.27 bits per heavy atom. The van der Waals surface area contributed by atoms with Crippen LogP contribution < -0.4 is 25.4 Å². The van der Waals surface area contributed by atoms with Gasteiger partial charge in [0, 0.05) is 5.56 Å². The molecular formula is C38H45ClN4O13. The van der Waals surface area contributed by atoms with Crippen LogP contribution >= 0.6 is 11.6 Å². The lowest BCUT2D eigenvalue weighted by Gasteiger charge is -2.31. The summed E-state index contributed by atoms with van der Waals surface area (Å²) in [5, 5.41) is 26.5. The van der Waals surface area contributed by atoms with E-state index in [0.717, 1.165) is 17.9 Å². The van der Waals surface area contributed by atoms with Crippen LogP contribution in [0.2, 0.25) is 5.02 Å². The number of furan rings is 1. The zero-order valence-corrected chi connectivity index (χ0v) is 32.1. The number of rotatable bonds is 23. The van der Waals surface area contributed by atoms with E-state index in [0.29, 0.717) is 30.6 Å². The molecule has 3 aromatic rings. The number of carboxylic acid groups (broad SMARTS) is 2. The van der Waals surface area contributed by atoms with Crippen LogP contribution in [0.3, 0.4) is 0 Å². The third-order valence-electron chi connectivity index (χ3n) is 8.49. The second-order valence-electron chi connectivity index (χ2n) is 12.3. The van der Waals surface area contributed by atoms with Crippen molar-refractivity contribution in [3.05, 3.63) is 70.4 Å². The summed E-state index contributed by atoms with van der Waals surface area (Å²) in [4.78, 5) is 92.5. The number of hydrogen-bond donors (Lipinski definition) is 5. The molecule has 0 unspecified atom stereocenters. The van der Waals surface area contributed by atoms with E-state index in [1.165, 1.54) is 55.6 Å². The van der Waals surface area contributed by atoms with E-state index in [1.54, 1.807) is 13.8 Å². The molecule has 3 rings (SSSR count). The molecule has 0 spiro atoms. The zero-order valence-electron chi connectivity index (χ0n) is 31.3. The van der Waals surface area contributed by atoms with E-state index >= 15 is 0 Å². The molecule has 0 saturated heterocycles. The average molecular weight is 801 g/mol. The molecule has 0 aliphatic rings. The molecule has 0 saturated carbocycles. The molecule has 0 aliphatic heterocycles. The van der Waals surface area contributed by atoms with Crippen LogP contribution in [0.5, 0.6) is 11.5 Å². The fraction of sp³-hybridized carbons (Fsp3) is 0.395. The Balaban J connectivity index is 1.70. The zero-order chi connectivity index (χ0) is 41.4. The number of carbonyl (C=O) groups excluding carboxylic acids is 5. The summed E-state index contributed by atoms with van der Waals surface area (Å²) >= 11 is 6.23. The van der Waals surface area contributed by atoms with Gasteiger partial charge in [0.2, 0.25) is 12.3 Å². The molecule has 0 fully saturated rings. The highest BCUT2D eigenvalue weighted by Gasteiger charge is 2.34. The first kappa shape index (κ1) is 44.3. The van der Waals surface area contributed by atoms with Crippen LogP contribution in [0.1, 0.15) is 90.6 Å². The van der Waals surface area contributed by atoms with Crippen LogP contribution in [0, 0.1) is 5.92 Å². The molecule has 1 heterocycles. The number of methoxy groups -OCH3 is 1. The van der Waals surface area contributed by atoms with Gasteiger partial charge in [-0.05, 0) is 62.2 Å². The molecule has 18 heteroatoms. The molecule has 5 N–H and O–H groups in total. The third-order valence-corrected chi connectivity index (χ3v) is 8.80. The maximum Gasteiger partial charge on any atom is 0.364 e. The number of amides is 4. The molecule has 0 aliphatic carbocycles. The number of aliphatic carboxylic acids is 2. The van der Waals surface area contributed by atoms with Crippen molar-refractivity contribution in [3.8, 4) is 22.8 Å². The van der Waals surface area contributed by atoms with Gasteiger partial charge in [0.05, 0.1) is 54.9 Å². The van der Waals surface area contributed by atoms with E-state index in [4.69, 9.17) is 35.4 Å². The van der Waals surface area contributed by atoms with Crippen molar-refractivity contribution in [2.45, 2.75) is 71.4 Å². The van der Waals surface area contributed by atoms with Crippen LogP contribution in [0.25, 0.3) is 11.3 Å². The number of unbranched alkanes of at least 4 members (excludes halogenated alkanes) is 2. The quantitative estimate of drug-likeness (QED) is 0.0380. The lowest BCUT2D eigenvalue weighted by Crippen LogP contribution is -2.49. The Kier molecular flexibility index (Phi) is 17.2. The number of nitrogens with one attached hydrogen (secondary N) is 3. The van der Waals surface area contributed by atoms with Crippen molar-refractivity contribution in [1.82, 2.24) is 21.0 Å². The van der Waals surface area contributed by atoms with Crippen molar-refractivity contribution < 1.29 is 62.5 Å². The summed E-state index contributed by atoms with van der Waals surface area (Å²) in [6.45, 7) is 5.22. The minimum Gasteiger partial charge on any atom is -0.497 e. The molecule has 0 radical (unpaired) electrons. The van der Waals surface area contributed by atoms with Crippen LogP contribution in [0.15, 0.2) is 52.9 Å². The van der Waals surface area contributed by atoms with Gasteiger partial charge < -0.3 is 44.9 Å². The Morgan fingerprint density at radius 2 is 1.66 bits per heavy atom. The molecular weight excluding hydrogens is 756 g/mol. The molecule has 1 aromatic heterocycles. The Hall–Kier alpha value is -6.10. The standard InChI is InChI=1S/C38H45ClN4O13/c1-5-8-9-10-25(29(6-2)43(21-44)56-38(52)24-14-12-23(53-4)18-27(24)39)34(47)40-20-41-36(49)31-16-15-30(55-31)22-11-13-26(32(17-22)54-7-3)35(48)42-28(37(50)51)19-33(45)46/h11-18,21,25,28-29H,5-10,19-20H2,1-4H3,(H,40,47)(H,41,49)(H,42,48)(H,45,46)(H,50,51)/t25-,28+,29-/m1/s1. The summed E-state index contributed by atoms with van der Waals surface area (Å²) in [5.74, 6) is -6.13. The van der Waals surface area contributed by atoms with Gasteiger partial charge >= 0.3 is 17.9 Å². The van der Waals surface area contributed by atoms with Gasteiger partial charge in [-0.2, -0.15) is 5.06 Å². The number of hydroxylamine groups is 2. The summed E-state index contributed by atoms with van der Waals surface area (Å²) in [6, 6.07) is 8.95. The maximum atomic E-state index is 13.5. The van der Waals surface area contributed by atoms with E-state index in [9.17, 15) is 38.7 Å². The Morgan fingerprint density at radius 1 is 0.929 bits per heavy atom. The second-order valence-corrected chi connectivity index (χ2v) is 12.7. The average Bonchev–Trinajstić information content (AvgIpc) is 3.67. The van der Waals surface area contributed by atoms with Crippen molar-refractivity contribution in [1.29, 1.82) is 0 Å². The lowest BCUT2D eigenvalue weighted by molar-refractivity contribution is -0.171. The minimum absolute atomic E-state index is 0.00950. The van der Waals surface area contributed by atoms with Gasteiger partial charge in [-0.3, -0.25) is 24.0 Å². The van der Waals surface area contributed by atoms with Gasteiger partial charge in [0.1, 0.15) is 23.3 Å². The first-order chi connectivity index (χ1) is 26.8. The second kappa shape index (κ2) is 21.7. The highest BCUT2D eigenvalue weighted by atomic mass is 35.5. The first-order valence-electron chi connectivity index (χ1n) is 17.8. The summed E-state index contributed by atoms with van der Waals surface area (Å²) in [6.07, 6.45) is 2.41. The van der Waals surface area contributed by atoms with E-state index in [-0.39, 0.29) is 53.1 Å². The van der Waals surface area contributed by atoms with Crippen LogP contribution in [-0.2, 0) is 24.0 Å². The fourth-order valence-electron chi connectivity index (χ4n) is 5.65. The summed E-state index contributed by atoms with van der Waals surface area (Å²) < 4.78 is 16.4. The summed E-state index contributed by atoms with van der Waals surface area (Å²) in [7, 11) is 1.44. The Bertz CT molecular complexity index is 1880. The lowest BCUT2D eigenvalue weighted by atomic mass is 9.90. The predicted molar refractivity (Wildman–Crippen MR) is 200 cm³/mol. The topological polar surface area (TPSA) is 240 Å². The smallest absolute Gasteiger partial charge is 0.364 e. The summed E-state index contributed by atoms with van der Waals surface area (Å²) in [5.41, 5.74) is 0.333. The fourth-order valence-corrected chi connectivity index (χ4v) is 5.90. The van der Waals surface area contributed by atoms with E-state index < -0.39 is 60.1 Å². The van der Waals surface area contributed by atoms with Crippen molar-refractivity contribution in [3.63, 3.8) is 0 Å². The number of carbonyl (C=O) groups is 7. The van der Waals surface area contributed by atoms with Gasteiger partial charge in [-0.15, -0.1) is 0 Å². The molecule has 0 bridgehead atoms. The van der Waals surface area contributed by atoms with Crippen LogP contribution in [-0.4, -0.2) is 89.8 Å². The SMILES string of the molecule is CCCCC[C@@H](C(=O)NCNC(=O)c1ccc(-c2ccc(C(=O)N[C@@H](CC(=O)O)C(=O)O)c(OCC)c2)o1)[C@@H](CC)N(C=O)OC(=O)c1ccc(OC)cc1Cl. The third kappa shape index (κ3) is 12.2. The number of carboxylic acids is 2. The van der Waals surface area contributed by atoms with Gasteiger partial charge in [0.15, 0.2) is 5.76 Å². The molecule has 3 atom stereocenters. The highest BCUT2D eigenvalue weighted by molar-refractivity contribution is 6.33. The van der Waals surface area contributed by atoms with Gasteiger partial charge in [0.25, 0.3) is 11.8 Å². The first-order valence-corrected chi connectivity index (χ1v) is 18.1. The minimum atomic E-state index is -1.67. The number of benzene rings is 2. The maximum absolute atomic E-state index is 13.5. The normalized spacial score (nSPS) is 12.3. The van der Waals surface area contributed by atoms with Crippen molar-refractivity contribution in [2.75, 3.05) is 20.4 Å². The molecule has 56 heavy (non-hydrogen) atoms. The number of ether oxygens (including phenoxy) is 2. The molecule has 4 amide bonds. The highest BCUT2D eigenvalue weighted by Crippen LogP contribution is 2.30. The van der Waals surface area contributed by atoms with E-state index in [1.807, 2.05) is 6.92 Å². The largest absolute Gasteiger partial charge is 0.497 e. The van der Waals surface area contributed by atoms with Crippen molar-refractivity contribution >= 4 is 53.6 Å². The van der Waals surface area contributed by atoms with E-state index in [2.05, 4.69) is 16.0 Å². The monoisotopic (exact) mass is 800 g/mol. The Labute approximate surface area is 327 Å². The number of nitrogens with zero attached hydrogens (tertiary/aromatic N) is 1. The van der Waals surface area contributed by atoms with Crippen LogP contribution in [0.4, 0.5) is 0 Å². The van der Waals surface area contributed by atoms with Crippen molar-refractivity contribution in [2.24, 2.45) is 5.92 Å². The number of halogens is 1. The molecule has 17 nitrogen and oxygen atoms in total. The van der Waals surface area contributed by atoms with Gasteiger partial charge in [-0.1, -0.05) is 50.8 Å². The molecule has 302 valence electrons. The molecule has 2 aromatic carbocycles. The predicted octanol–water partition coefficient (Wildman–Crippen LogP) is 4.67. The van der Waals surface area contributed by atoms with Gasteiger partial charge in [-0.25, -0.2) is 9.59 Å². The number of hydrogen-bond acceptors (Lipinski definition) is 11.